The predicted molar refractivity (Wildman–Crippen MR) is 98.4 cm³/mol. The van der Waals surface area contributed by atoms with Crippen molar-refractivity contribution in [1.82, 2.24) is 15.6 Å². The van der Waals surface area contributed by atoms with Crippen LogP contribution in [0.3, 0.4) is 0 Å². The van der Waals surface area contributed by atoms with Crippen LogP contribution in [0.1, 0.15) is 30.7 Å². The number of para-hydroxylation sites is 1. The maximum atomic E-state index is 11.9. The molecule has 2 N–H and O–H groups in total. The summed E-state index contributed by atoms with van der Waals surface area (Å²) in [4.78, 5) is 16.5. The molecule has 1 saturated heterocycles. The van der Waals surface area contributed by atoms with Crippen molar-refractivity contribution in [2.24, 2.45) is 5.92 Å². The Morgan fingerprint density at radius 1 is 1.30 bits per heavy atom. The summed E-state index contributed by atoms with van der Waals surface area (Å²) in [6.45, 7) is 2.89. The first-order valence-corrected chi connectivity index (χ1v) is 8.95. The largest absolute Gasteiger partial charge is 0.356 e. The fourth-order valence-corrected chi connectivity index (χ4v) is 3.90. The highest BCUT2D eigenvalue weighted by atomic mass is 35.5. The SMILES string of the molecule is Cl.O=C(CCC1CCNCC1)NCCc1nc2ccccc2s1. The average Bonchev–Trinajstić information content (AvgIpc) is 2.96. The van der Waals surface area contributed by atoms with Crippen LogP contribution in [0.4, 0.5) is 0 Å². The summed E-state index contributed by atoms with van der Waals surface area (Å²) >= 11 is 1.72. The summed E-state index contributed by atoms with van der Waals surface area (Å²) < 4.78 is 1.22. The second-order valence-electron chi connectivity index (χ2n) is 5.91. The zero-order chi connectivity index (χ0) is 15.2. The molecule has 1 aliphatic heterocycles. The Balaban J connectivity index is 0.00000192. The fraction of sp³-hybridized carbons (Fsp3) is 0.529. The molecule has 3 rings (SSSR count). The number of benzene rings is 1. The standard InChI is InChI=1S/C17H23N3OS.ClH/c21-16(6-5-13-7-10-18-11-8-13)19-12-9-17-20-14-3-1-2-4-15(14)22-17;/h1-4,13,18H,5-12H2,(H,19,21);1H. The van der Waals surface area contributed by atoms with Gasteiger partial charge in [-0.1, -0.05) is 12.1 Å². The van der Waals surface area contributed by atoms with Crippen molar-refractivity contribution in [1.29, 1.82) is 0 Å². The molecule has 6 heteroatoms. The molecule has 1 aromatic carbocycles. The lowest BCUT2D eigenvalue weighted by Gasteiger charge is -2.22. The first-order valence-electron chi connectivity index (χ1n) is 8.13. The number of thiazole rings is 1. The van der Waals surface area contributed by atoms with E-state index in [1.807, 2.05) is 18.2 Å². The van der Waals surface area contributed by atoms with Crippen LogP contribution in [-0.4, -0.2) is 30.5 Å². The van der Waals surface area contributed by atoms with Crippen LogP contribution in [0.15, 0.2) is 24.3 Å². The molecule has 0 saturated carbocycles. The summed E-state index contributed by atoms with van der Waals surface area (Å²) in [5.41, 5.74) is 1.06. The van der Waals surface area contributed by atoms with Crippen LogP contribution in [0.2, 0.25) is 0 Å². The maximum Gasteiger partial charge on any atom is 0.220 e. The number of hydrogen-bond acceptors (Lipinski definition) is 4. The van der Waals surface area contributed by atoms with Crippen molar-refractivity contribution in [3.63, 3.8) is 0 Å². The third kappa shape index (κ3) is 5.44. The number of carbonyl (C=O) groups is 1. The minimum Gasteiger partial charge on any atom is -0.356 e. The third-order valence-corrected chi connectivity index (χ3v) is 5.33. The van der Waals surface area contributed by atoms with Crippen molar-refractivity contribution in [2.75, 3.05) is 19.6 Å². The Morgan fingerprint density at radius 3 is 2.87 bits per heavy atom. The van der Waals surface area contributed by atoms with Gasteiger partial charge >= 0.3 is 0 Å². The van der Waals surface area contributed by atoms with Gasteiger partial charge in [0.05, 0.1) is 15.2 Å². The lowest BCUT2D eigenvalue weighted by Crippen LogP contribution is -2.30. The quantitative estimate of drug-likeness (QED) is 0.838. The highest BCUT2D eigenvalue weighted by molar-refractivity contribution is 7.18. The van der Waals surface area contributed by atoms with E-state index in [0.717, 1.165) is 42.4 Å². The number of rotatable bonds is 6. The van der Waals surface area contributed by atoms with Crippen LogP contribution < -0.4 is 10.6 Å². The van der Waals surface area contributed by atoms with E-state index in [0.29, 0.717) is 13.0 Å². The molecule has 0 unspecified atom stereocenters. The number of aromatic nitrogens is 1. The van der Waals surface area contributed by atoms with Gasteiger partial charge < -0.3 is 10.6 Å². The van der Waals surface area contributed by atoms with Crippen molar-refractivity contribution < 1.29 is 4.79 Å². The molecule has 0 bridgehead atoms. The highest BCUT2D eigenvalue weighted by Crippen LogP contribution is 2.21. The third-order valence-electron chi connectivity index (χ3n) is 4.24. The topological polar surface area (TPSA) is 54.0 Å². The molecule has 1 fully saturated rings. The number of nitrogens with one attached hydrogen (secondary N) is 2. The summed E-state index contributed by atoms with van der Waals surface area (Å²) in [5, 5.41) is 7.48. The van der Waals surface area contributed by atoms with Gasteiger partial charge in [-0.15, -0.1) is 23.7 Å². The normalized spacial score (nSPS) is 15.3. The van der Waals surface area contributed by atoms with Crippen LogP contribution in [0, 0.1) is 5.92 Å². The molecule has 1 amide bonds. The van der Waals surface area contributed by atoms with Crippen molar-refractivity contribution in [3.8, 4) is 0 Å². The van der Waals surface area contributed by atoms with E-state index in [9.17, 15) is 4.79 Å². The predicted octanol–water partition coefficient (Wildman–Crippen LogP) is 3.16. The summed E-state index contributed by atoms with van der Waals surface area (Å²) in [6.07, 6.45) is 4.91. The van der Waals surface area contributed by atoms with Crippen LogP contribution in [-0.2, 0) is 11.2 Å². The second-order valence-corrected chi connectivity index (χ2v) is 7.02. The molecular weight excluding hydrogens is 330 g/mol. The van der Waals surface area contributed by atoms with Gasteiger partial charge in [-0.25, -0.2) is 4.98 Å². The van der Waals surface area contributed by atoms with Crippen molar-refractivity contribution in [2.45, 2.75) is 32.1 Å². The number of nitrogens with zero attached hydrogens (tertiary/aromatic N) is 1. The maximum absolute atomic E-state index is 11.9. The molecule has 0 spiro atoms. The molecule has 126 valence electrons. The first kappa shape index (κ1) is 18.2. The van der Waals surface area contributed by atoms with Gasteiger partial charge in [-0.2, -0.15) is 0 Å². The zero-order valence-electron chi connectivity index (χ0n) is 13.2. The van der Waals surface area contributed by atoms with Crippen LogP contribution in [0.5, 0.6) is 0 Å². The summed E-state index contributed by atoms with van der Waals surface area (Å²) in [6, 6.07) is 8.17. The average molecular weight is 354 g/mol. The Hall–Kier alpha value is -1.17. The van der Waals surface area contributed by atoms with Crippen LogP contribution >= 0.6 is 23.7 Å². The zero-order valence-corrected chi connectivity index (χ0v) is 14.8. The molecule has 2 aromatic rings. The Labute approximate surface area is 147 Å². The minimum atomic E-state index is 0. The fourth-order valence-electron chi connectivity index (χ4n) is 2.93. The lowest BCUT2D eigenvalue weighted by atomic mass is 9.93. The van der Waals surface area contributed by atoms with Crippen LogP contribution in [0.25, 0.3) is 10.2 Å². The smallest absolute Gasteiger partial charge is 0.220 e. The van der Waals surface area contributed by atoms with Gasteiger partial charge in [-0.3, -0.25) is 4.79 Å². The van der Waals surface area contributed by atoms with Gasteiger partial charge in [0.25, 0.3) is 0 Å². The van der Waals surface area contributed by atoms with Gasteiger partial charge in [0.15, 0.2) is 0 Å². The van der Waals surface area contributed by atoms with E-state index >= 15 is 0 Å². The number of amides is 1. The van der Waals surface area contributed by atoms with Gasteiger partial charge in [0, 0.05) is 19.4 Å². The molecule has 0 atom stereocenters. The monoisotopic (exact) mass is 353 g/mol. The Bertz CT molecular complexity index is 592. The summed E-state index contributed by atoms with van der Waals surface area (Å²) in [7, 11) is 0. The van der Waals surface area contributed by atoms with E-state index in [4.69, 9.17) is 0 Å². The minimum absolute atomic E-state index is 0. The van der Waals surface area contributed by atoms with Crippen molar-refractivity contribution >= 4 is 39.9 Å². The van der Waals surface area contributed by atoms with E-state index in [1.54, 1.807) is 11.3 Å². The number of carbonyl (C=O) groups excluding carboxylic acids is 1. The lowest BCUT2D eigenvalue weighted by molar-refractivity contribution is -0.121. The molecule has 0 radical (unpaired) electrons. The molecule has 4 nitrogen and oxygen atoms in total. The molecular formula is C17H24ClN3OS. The first-order chi connectivity index (χ1) is 10.8. The van der Waals surface area contributed by atoms with Gasteiger partial charge in [0.1, 0.15) is 0 Å². The number of halogens is 1. The van der Waals surface area contributed by atoms with E-state index < -0.39 is 0 Å². The van der Waals surface area contributed by atoms with E-state index in [1.165, 1.54) is 17.5 Å². The number of fused-ring (bicyclic) bond motifs is 1. The molecule has 0 aliphatic carbocycles. The molecule has 2 heterocycles. The second kappa shape index (κ2) is 9.21. The van der Waals surface area contributed by atoms with Gasteiger partial charge in [0.2, 0.25) is 5.91 Å². The van der Waals surface area contributed by atoms with Crippen molar-refractivity contribution in [3.05, 3.63) is 29.3 Å². The molecule has 1 aromatic heterocycles. The van der Waals surface area contributed by atoms with E-state index in [-0.39, 0.29) is 18.3 Å². The number of piperidine rings is 1. The van der Waals surface area contributed by atoms with Gasteiger partial charge in [-0.05, 0) is 50.4 Å². The molecule has 23 heavy (non-hydrogen) atoms. The van der Waals surface area contributed by atoms with E-state index in [2.05, 4.69) is 21.7 Å². The molecule has 1 aliphatic rings. The number of hydrogen-bond donors (Lipinski definition) is 2. The highest BCUT2D eigenvalue weighted by Gasteiger charge is 2.14. The Morgan fingerprint density at radius 2 is 2.09 bits per heavy atom. The summed E-state index contributed by atoms with van der Waals surface area (Å²) in [5.74, 6) is 0.899. The Kier molecular flexibility index (Phi) is 7.27.